The normalized spacial score (nSPS) is 17.4. The van der Waals surface area contributed by atoms with Gasteiger partial charge in [0.2, 0.25) is 11.8 Å². The predicted octanol–water partition coefficient (Wildman–Crippen LogP) is 3.31. The minimum atomic E-state index is -0.409. The lowest BCUT2D eigenvalue weighted by atomic mass is 10.0. The Morgan fingerprint density at radius 2 is 2.00 bits per heavy atom. The molecule has 0 radical (unpaired) electrons. The number of aromatic nitrogens is 3. The number of likely N-dealkylation sites (tertiary alicyclic amines) is 1. The van der Waals surface area contributed by atoms with Gasteiger partial charge in [-0.1, -0.05) is 29.8 Å². The first-order valence-electron chi connectivity index (χ1n) is 9.64. The van der Waals surface area contributed by atoms with Gasteiger partial charge in [-0.3, -0.25) is 14.0 Å². The Morgan fingerprint density at radius 3 is 2.76 bits per heavy atom. The quantitative estimate of drug-likeness (QED) is 0.698. The molecule has 0 saturated carbocycles. The molecule has 8 heteroatoms. The van der Waals surface area contributed by atoms with Crippen molar-refractivity contribution in [1.29, 1.82) is 0 Å². The summed E-state index contributed by atoms with van der Waals surface area (Å²) in [6.45, 7) is 2.12. The van der Waals surface area contributed by atoms with Crippen molar-refractivity contribution in [2.75, 3.05) is 6.54 Å². The average Bonchev–Trinajstić information content (AvgIpc) is 3.34. The van der Waals surface area contributed by atoms with Gasteiger partial charge in [-0.05, 0) is 42.7 Å². The second-order valence-corrected chi connectivity index (χ2v) is 7.68. The molecule has 2 amide bonds. The smallest absolute Gasteiger partial charge is 0.225 e. The summed E-state index contributed by atoms with van der Waals surface area (Å²) in [5, 5.41) is 12.1. The van der Waals surface area contributed by atoms with E-state index < -0.39 is 6.04 Å². The third-order valence-electron chi connectivity index (χ3n) is 5.24. The lowest BCUT2D eigenvalue weighted by Gasteiger charge is -2.26. The van der Waals surface area contributed by atoms with Crippen LogP contribution in [0.4, 0.5) is 0 Å². The number of hydrogen-bond donors (Lipinski definition) is 1. The Kier molecular flexibility index (Phi) is 5.49. The SMILES string of the molecule is CC(=O)N[C@H](CC(=O)N1CCC[C@@H]1c1nnc2ccccn12)c1ccc(Cl)cc1. The molecule has 2 atom stereocenters. The highest BCUT2D eigenvalue weighted by molar-refractivity contribution is 6.30. The van der Waals surface area contributed by atoms with E-state index in [0.29, 0.717) is 11.6 Å². The number of carbonyl (C=O) groups is 2. The van der Waals surface area contributed by atoms with E-state index in [1.807, 2.05) is 45.8 Å². The number of amides is 2. The largest absolute Gasteiger partial charge is 0.349 e. The van der Waals surface area contributed by atoms with Crippen molar-refractivity contribution < 1.29 is 9.59 Å². The standard InChI is InChI=1S/C21H22ClN5O2/c1-14(28)23-17(15-7-9-16(22)10-8-15)13-20(29)26-12-4-5-18(26)21-25-24-19-6-2-3-11-27(19)21/h2-3,6-11,17-18H,4-5,12-13H2,1H3,(H,23,28)/t17-,18-/m1/s1. The van der Waals surface area contributed by atoms with Crippen molar-refractivity contribution in [2.45, 2.75) is 38.3 Å². The zero-order valence-corrected chi connectivity index (χ0v) is 16.8. The molecule has 1 N–H and O–H groups in total. The number of nitrogens with one attached hydrogen (secondary N) is 1. The summed E-state index contributed by atoms with van der Waals surface area (Å²) in [4.78, 5) is 26.8. The number of nitrogens with zero attached hydrogens (tertiary/aromatic N) is 4. The summed E-state index contributed by atoms with van der Waals surface area (Å²) < 4.78 is 1.93. The summed E-state index contributed by atoms with van der Waals surface area (Å²) >= 11 is 5.98. The van der Waals surface area contributed by atoms with Gasteiger partial charge in [-0.15, -0.1) is 10.2 Å². The molecule has 1 aliphatic rings. The molecule has 0 aliphatic carbocycles. The van der Waals surface area contributed by atoms with Crippen molar-refractivity contribution in [2.24, 2.45) is 0 Å². The molecule has 7 nitrogen and oxygen atoms in total. The first-order valence-corrected chi connectivity index (χ1v) is 10.0. The molecule has 150 valence electrons. The van der Waals surface area contributed by atoms with E-state index >= 15 is 0 Å². The Balaban J connectivity index is 1.56. The van der Waals surface area contributed by atoms with Crippen molar-refractivity contribution >= 4 is 29.1 Å². The van der Waals surface area contributed by atoms with Crippen LogP contribution in [0.5, 0.6) is 0 Å². The van der Waals surface area contributed by atoms with Gasteiger partial charge in [0.15, 0.2) is 11.5 Å². The summed E-state index contributed by atoms with van der Waals surface area (Å²) in [6, 6.07) is 12.4. The number of fused-ring (bicyclic) bond motifs is 1. The lowest BCUT2D eigenvalue weighted by Crippen LogP contribution is -2.36. The van der Waals surface area contributed by atoms with Crippen LogP contribution in [-0.4, -0.2) is 37.9 Å². The molecule has 1 fully saturated rings. The molecule has 3 heterocycles. The van der Waals surface area contributed by atoms with Crippen LogP contribution in [0.3, 0.4) is 0 Å². The van der Waals surface area contributed by atoms with E-state index in [9.17, 15) is 9.59 Å². The van der Waals surface area contributed by atoms with Crippen LogP contribution in [0.25, 0.3) is 5.65 Å². The topological polar surface area (TPSA) is 79.6 Å². The van der Waals surface area contributed by atoms with Crippen molar-refractivity contribution in [3.05, 3.63) is 65.1 Å². The van der Waals surface area contributed by atoms with Gasteiger partial charge >= 0.3 is 0 Å². The maximum atomic E-state index is 13.2. The molecule has 29 heavy (non-hydrogen) atoms. The van der Waals surface area contributed by atoms with Gasteiger partial charge in [0, 0.05) is 24.7 Å². The fourth-order valence-corrected chi connectivity index (χ4v) is 4.03. The van der Waals surface area contributed by atoms with E-state index in [1.54, 1.807) is 12.1 Å². The highest BCUT2D eigenvalue weighted by Gasteiger charge is 2.34. The molecular formula is C21H22ClN5O2. The fourth-order valence-electron chi connectivity index (χ4n) is 3.91. The van der Waals surface area contributed by atoms with Crippen molar-refractivity contribution in [3.8, 4) is 0 Å². The molecule has 1 aromatic carbocycles. The minimum Gasteiger partial charge on any atom is -0.349 e. The van der Waals surface area contributed by atoms with E-state index in [-0.39, 0.29) is 24.3 Å². The first kappa shape index (κ1) is 19.4. The Bertz CT molecular complexity index is 1030. The second kappa shape index (κ2) is 8.21. The summed E-state index contributed by atoms with van der Waals surface area (Å²) in [7, 11) is 0. The summed E-state index contributed by atoms with van der Waals surface area (Å²) in [5.41, 5.74) is 1.61. The van der Waals surface area contributed by atoms with E-state index in [2.05, 4.69) is 15.5 Å². The van der Waals surface area contributed by atoms with Crippen LogP contribution < -0.4 is 5.32 Å². The molecule has 3 aromatic rings. The van der Waals surface area contributed by atoms with Crippen LogP contribution in [0, 0.1) is 0 Å². The number of hydrogen-bond acceptors (Lipinski definition) is 4. The molecule has 4 rings (SSSR count). The summed E-state index contributed by atoms with van der Waals surface area (Å²) in [5.74, 6) is 0.571. The molecule has 1 aliphatic heterocycles. The van der Waals surface area contributed by atoms with Gasteiger partial charge in [0.25, 0.3) is 0 Å². The minimum absolute atomic E-state index is 0.0196. The number of halogens is 1. The van der Waals surface area contributed by atoms with Crippen molar-refractivity contribution in [1.82, 2.24) is 24.8 Å². The number of rotatable bonds is 5. The molecule has 0 bridgehead atoms. The van der Waals surface area contributed by atoms with Crippen molar-refractivity contribution in [3.63, 3.8) is 0 Å². The Labute approximate surface area is 173 Å². The summed E-state index contributed by atoms with van der Waals surface area (Å²) in [6.07, 6.45) is 3.84. The van der Waals surface area contributed by atoms with E-state index in [0.717, 1.165) is 29.9 Å². The highest BCUT2D eigenvalue weighted by atomic mass is 35.5. The molecule has 1 saturated heterocycles. The van der Waals surface area contributed by atoms with Gasteiger partial charge in [-0.2, -0.15) is 0 Å². The lowest BCUT2D eigenvalue weighted by molar-refractivity contribution is -0.133. The number of carbonyl (C=O) groups excluding carboxylic acids is 2. The van der Waals surface area contributed by atoms with Crippen LogP contribution in [0.15, 0.2) is 48.7 Å². The first-order chi connectivity index (χ1) is 14.0. The van der Waals surface area contributed by atoms with Crippen LogP contribution in [0.1, 0.15) is 49.7 Å². The Hall–Kier alpha value is -2.93. The van der Waals surface area contributed by atoms with Gasteiger partial charge in [-0.25, -0.2) is 0 Å². The fraction of sp³-hybridized carbons (Fsp3) is 0.333. The monoisotopic (exact) mass is 411 g/mol. The molecule has 2 aromatic heterocycles. The second-order valence-electron chi connectivity index (χ2n) is 7.24. The van der Waals surface area contributed by atoms with Gasteiger partial charge in [0.05, 0.1) is 18.5 Å². The molecule has 0 spiro atoms. The number of pyridine rings is 1. The molecule has 0 unspecified atom stereocenters. The highest BCUT2D eigenvalue weighted by Crippen LogP contribution is 2.33. The van der Waals surface area contributed by atoms with E-state index in [1.165, 1.54) is 6.92 Å². The van der Waals surface area contributed by atoms with Gasteiger partial charge < -0.3 is 10.2 Å². The average molecular weight is 412 g/mol. The third kappa shape index (κ3) is 4.10. The zero-order chi connectivity index (χ0) is 20.4. The Morgan fingerprint density at radius 1 is 1.21 bits per heavy atom. The molecular weight excluding hydrogens is 390 g/mol. The zero-order valence-electron chi connectivity index (χ0n) is 16.1. The van der Waals surface area contributed by atoms with Crippen LogP contribution in [0.2, 0.25) is 5.02 Å². The maximum absolute atomic E-state index is 13.2. The van der Waals surface area contributed by atoms with Crippen LogP contribution >= 0.6 is 11.6 Å². The van der Waals surface area contributed by atoms with Gasteiger partial charge in [0.1, 0.15) is 0 Å². The van der Waals surface area contributed by atoms with E-state index in [4.69, 9.17) is 11.6 Å². The predicted molar refractivity (Wildman–Crippen MR) is 109 cm³/mol. The van der Waals surface area contributed by atoms with Crippen LogP contribution in [-0.2, 0) is 9.59 Å². The maximum Gasteiger partial charge on any atom is 0.225 e. The number of benzene rings is 1. The third-order valence-corrected chi connectivity index (χ3v) is 5.49.